The zero-order valence-electron chi connectivity index (χ0n) is 9.74. The van der Waals surface area contributed by atoms with Crippen LogP contribution in [0.5, 0.6) is 0 Å². The van der Waals surface area contributed by atoms with Crippen molar-refractivity contribution in [3.05, 3.63) is 34.9 Å². The maximum Gasteiger partial charge on any atom is 0.164 e. The van der Waals surface area contributed by atoms with Gasteiger partial charge in [0.15, 0.2) is 11.6 Å². The lowest BCUT2D eigenvalue weighted by Crippen LogP contribution is -2.37. The van der Waals surface area contributed by atoms with Crippen molar-refractivity contribution in [2.45, 2.75) is 38.6 Å². The molecule has 0 aromatic heterocycles. The first-order chi connectivity index (χ1) is 7.60. The molecule has 1 nitrogen and oxygen atoms in total. The van der Waals surface area contributed by atoms with Gasteiger partial charge in [-0.15, -0.1) is 0 Å². The molecule has 0 spiro atoms. The van der Waals surface area contributed by atoms with E-state index in [4.69, 9.17) is 0 Å². The van der Waals surface area contributed by atoms with Gasteiger partial charge in [-0.3, -0.25) is 0 Å². The molecule has 1 heterocycles. The molecule has 0 saturated carbocycles. The summed E-state index contributed by atoms with van der Waals surface area (Å²) in [6.07, 6.45) is 2.68. The fraction of sp³-hybridized carbons (Fsp3) is 0.538. The van der Waals surface area contributed by atoms with Gasteiger partial charge >= 0.3 is 0 Å². The Morgan fingerprint density at radius 1 is 1.31 bits per heavy atom. The SMILES string of the molecule is CCC1(c2ccc(C)c(F)c2F)CCCN1. The highest BCUT2D eigenvalue weighted by atomic mass is 19.2. The number of nitrogens with one attached hydrogen (secondary N) is 1. The van der Waals surface area contributed by atoms with E-state index in [-0.39, 0.29) is 5.54 Å². The van der Waals surface area contributed by atoms with Gasteiger partial charge < -0.3 is 5.32 Å². The van der Waals surface area contributed by atoms with E-state index in [0.717, 1.165) is 25.8 Å². The van der Waals surface area contributed by atoms with Crippen LogP contribution in [0.25, 0.3) is 0 Å². The van der Waals surface area contributed by atoms with Gasteiger partial charge in [-0.25, -0.2) is 8.78 Å². The molecular formula is C13H17F2N. The van der Waals surface area contributed by atoms with Crippen LogP contribution in [0.2, 0.25) is 0 Å². The van der Waals surface area contributed by atoms with Gasteiger partial charge in [-0.2, -0.15) is 0 Å². The fourth-order valence-electron chi connectivity index (χ4n) is 2.54. The van der Waals surface area contributed by atoms with Crippen LogP contribution in [0.15, 0.2) is 12.1 Å². The molecule has 16 heavy (non-hydrogen) atoms. The van der Waals surface area contributed by atoms with E-state index in [2.05, 4.69) is 5.32 Å². The van der Waals surface area contributed by atoms with Crippen molar-refractivity contribution >= 4 is 0 Å². The summed E-state index contributed by atoms with van der Waals surface area (Å²) in [4.78, 5) is 0. The normalized spacial score (nSPS) is 25.0. The van der Waals surface area contributed by atoms with Crippen LogP contribution in [0.4, 0.5) is 8.78 Å². The van der Waals surface area contributed by atoms with Gasteiger partial charge in [0.2, 0.25) is 0 Å². The molecule has 3 heteroatoms. The Morgan fingerprint density at radius 3 is 2.62 bits per heavy atom. The van der Waals surface area contributed by atoms with Crippen LogP contribution < -0.4 is 5.32 Å². The van der Waals surface area contributed by atoms with Crippen LogP contribution in [-0.2, 0) is 5.54 Å². The quantitative estimate of drug-likeness (QED) is 0.814. The molecule has 1 aliphatic heterocycles. The number of hydrogen-bond acceptors (Lipinski definition) is 1. The molecule has 1 unspecified atom stereocenters. The summed E-state index contributed by atoms with van der Waals surface area (Å²) in [5, 5.41) is 3.32. The molecule has 2 rings (SSSR count). The Kier molecular flexibility index (Phi) is 2.98. The van der Waals surface area contributed by atoms with Crippen molar-refractivity contribution in [3.8, 4) is 0 Å². The third kappa shape index (κ3) is 1.63. The van der Waals surface area contributed by atoms with Gasteiger partial charge in [-0.1, -0.05) is 19.1 Å². The summed E-state index contributed by atoms with van der Waals surface area (Å²) in [6.45, 7) is 4.47. The topological polar surface area (TPSA) is 12.0 Å². The highest BCUT2D eigenvalue weighted by Gasteiger charge is 2.36. The van der Waals surface area contributed by atoms with Crippen LogP contribution in [-0.4, -0.2) is 6.54 Å². The van der Waals surface area contributed by atoms with E-state index in [9.17, 15) is 8.78 Å². The van der Waals surface area contributed by atoms with Crippen LogP contribution in [0, 0.1) is 18.6 Å². The average Bonchev–Trinajstić information content (AvgIpc) is 2.76. The minimum atomic E-state index is -0.709. The maximum absolute atomic E-state index is 13.9. The zero-order valence-corrected chi connectivity index (χ0v) is 9.74. The van der Waals surface area contributed by atoms with E-state index in [1.807, 2.05) is 6.92 Å². The number of benzene rings is 1. The predicted octanol–water partition coefficient (Wildman–Crippen LogP) is 3.26. The molecule has 1 fully saturated rings. The van der Waals surface area contributed by atoms with E-state index in [0.29, 0.717) is 11.1 Å². The molecule has 1 aromatic carbocycles. The van der Waals surface area contributed by atoms with Crippen LogP contribution in [0.1, 0.15) is 37.3 Å². The Labute approximate surface area is 94.9 Å². The largest absolute Gasteiger partial charge is 0.307 e. The summed E-state index contributed by atoms with van der Waals surface area (Å²) in [5.41, 5.74) is 0.486. The molecule has 0 bridgehead atoms. The lowest BCUT2D eigenvalue weighted by Gasteiger charge is -2.29. The number of aryl methyl sites for hydroxylation is 1. The highest BCUT2D eigenvalue weighted by Crippen LogP contribution is 2.36. The van der Waals surface area contributed by atoms with Crippen molar-refractivity contribution in [2.75, 3.05) is 6.54 Å². The van der Waals surface area contributed by atoms with Crippen molar-refractivity contribution in [1.29, 1.82) is 0 Å². The second-order valence-corrected chi connectivity index (χ2v) is 4.52. The number of halogens is 2. The third-order valence-corrected chi connectivity index (χ3v) is 3.64. The van der Waals surface area contributed by atoms with Gasteiger partial charge in [-0.05, 0) is 38.3 Å². The second kappa shape index (κ2) is 4.13. The molecule has 0 amide bonds. The minimum Gasteiger partial charge on any atom is -0.307 e. The Bertz CT molecular complexity index is 395. The number of rotatable bonds is 2. The summed E-state index contributed by atoms with van der Waals surface area (Å²) < 4.78 is 27.5. The molecule has 1 aromatic rings. The van der Waals surface area contributed by atoms with E-state index in [1.54, 1.807) is 19.1 Å². The van der Waals surface area contributed by atoms with Gasteiger partial charge in [0.1, 0.15) is 0 Å². The standard InChI is InChI=1S/C13H17F2N/c1-3-13(7-4-8-16-13)10-6-5-9(2)11(14)12(10)15/h5-6,16H,3-4,7-8H2,1-2H3. The molecule has 0 aliphatic carbocycles. The van der Waals surface area contributed by atoms with Crippen molar-refractivity contribution in [2.24, 2.45) is 0 Å². The Balaban J connectivity index is 2.51. The summed E-state index contributed by atoms with van der Waals surface area (Å²) in [6, 6.07) is 3.38. The number of hydrogen-bond donors (Lipinski definition) is 1. The van der Waals surface area contributed by atoms with Crippen LogP contribution >= 0.6 is 0 Å². The molecule has 1 N–H and O–H groups in total. The van der Waals surface area contributed by atoms with E-state index in [1.165, 1.54) is 0 Å². The minimum absolute atomic E-state index is 0.362. The fourth-order valence-corrected chi connectivity index (χ4v) is 2.54. The van der Waals surface area contributed by atoms with Gasteiger partial charge in [0.25, 0.3) is 0 Å². The Hall–Kier alpha value is -0.960. The monoisotopic (exact) mass is 225 g/mol. The molecule has 0 radical (unpaired) electrons. The average molecular weight is 225 g/mol. The lowest BCUT2D eigenvalue weighted by molar-refractivity contribution is 0.350. The van der Waals surface area contributed by atoms with Crippen molar-refractivity contribution < 1.29 is 8.78 Å². The summed E-state index contributed by atoms with van der Waals surface area (Å²) in [5.74, 6) is -1.39. The predicted molar refractivity (Wildman–Crippen MR) is 60.3 cm³/mol. The highest BCUT2D eigenvalue weighted by molar-refractivity contribution is 5.32. The first-order valence-electron chi connectivity index (χ1n) is 5.81. The van der Waals surface area contributed by atoms with Gasteiger partial charge in [0.05, 0.1) is 0 Å². The third-order valence-electron chi connectivity index (χ3n) is 3.64. The lowest BCUT2D eigenvalue weighted by atomic mass is 9.85. The van der Waals surface area contributed by atoms with E-state index < -0.39 is 11.6 Å². The molecule has 1 atom stereocenters. The second-order valence-electron chi connectivity index (χ2n) is 4.52. The van der Waals surface area contributed by atoms with Crippen LogP contribution in [0.3, 0.4) is 0 Å². The zero-order chi connectivity index (χ0) is 11.8. The smallest absolute Gasteiger partial charge is 0.164 e. The van der Waals surface area contributed by atoms with Crippen molar-refractivity contribution in [1.82, 2.24) is 5.32 Å². The van der Waals surface area contributed by atoms with Gasteiger partial charge in [0, 0.05) is 11.1 Å². The summed E-state index contributed by atoms with van der Waals surface area (Å²) in [7, 11) is 0. The van der Waals surface area contributed by atoms with E-state index >= 15 is 0 Å². The van der Waals surface area contributed by atoms with Crippen molar-refractivity contribution in [3.63, 3.8) is 0 Å². The Morgan fingerprint density at radius 2 is 2.06 bits per heavy atom. The molecule has 1 aliphatic rings. The molecular weight excluding hydrogens is 208 g/mol. The molecule has 1 saturated heterocycles. The summed E-state index contributed by atoms with van der Waals surface area (Å²) >= 11 is 0. The first-order valence-corrected chi connectivity index (χ1v) is 5.81. The molecule has 88 valence electrons. The maximum atomic E-state index is 13.9. The first kappa shape index (κ1) is 11.5.